The van der Waals surface area contributed by atoms with E-state index in [4.69, 9.17) is 38.9 Å². The number of carbonyl (C=O) groups is 1. The average molecular weight is 550 g/mol. The van der Waals surface area contributed by atoms with E-state index in [1.54, 1.807) is 0 Å². The highest BCUT2D eigenvalue weighted by Crippen LogP contribution is 2.37. The predicted molar refractivity (Wildman–Crippen MR) is 137 cm³/mol. The number of sulfonamides is 1. The van der Waals surface area contributed by atoms with Crippen LogP contribution in [0.5, 0.6) is 0 Å². The van der Waals surface area contributed by atoms with E-state index in [0.717, 1.165) is 19.0 Å². The summed E-state index contributed by atoms with van der Waals surface area (Å²) >= 11 is 11.9. The summed E-state index contributed by atoms with van der Waals surface area (Å²) < 4.78 is 26.8. The van der Waals surface area contributed by atoms with E-state index in [1.807, 2.05) is 0 Å². The molecule has 0 aromatic heterocycles. The summed E-state index contributed by atoms with van der Waals surface area (Å²) in [6.45, 7) is 6.04. The molecule has 1 spiro atoms. The molecule has 3 N–H and O–H groups in total. The second-order valence-electron chi connectivity index (χ2n) is 9.30. The van der Waals surface area contributed by atoms with Crippen LogP contribution < -0.4 is 5.73 Å². The van der Waals surface area contributed by atoms with Gasteiger partial charge in [0.1, 0.15) is 10.5 Å². The van der Waals surface area contributed by atoms with Gasteiger partial charge in [0.15, 0.2) is 5.71 Å². The molecule has 1 aromatic carbocycles. The first-order valence-electron chi connectivity index (χ1n) is 12.0. The molecule has 0 saturated carbocycles. The Morgan fingerprint density at radius 2 is 1.97 bits per heavy atom. The molecule has 3 heterocycles. The van der Waals surface area contributed by atoms with Gasteiger partial charge in [-0.25, -0.2) is 13.2 Å². The van der Waals surface area contributed by atoms with Crippen LogP contribution in [-0.2, 0) is 19.7 Å². The van der Waals surface area contributed by atoms with E-state index in [-0.39, 0.29) is 40.2 Å². The molecule has 196 valence electrons. The van der Waals surface area contributed by atoms with Gasteiger partial charge in [-0.15, -0.1) is 0 Å². The highest BCUT2D eigenvalue weighted by molar-refractivity contribution is 7.89. The Kier molecular flexibility index (Phi) is 9.82. The molecular formula is C23H34Cl2N4O5S. The fourth-order valence-electron chi connectivity index (χ4n) is 4.64. The van der Waals surface area contributed by atoms with Gasteiger partial charge in [-0.1, -0.05) is 34.8 Å². The molecule has 2 fully saturated rings. The number of piperidine rings is 2. The van der Waals surface area contributed by atoms with Gasteiger partial charge in [-0.05, 0) is 64.0 Å². The molecule has 1 atom stereocenters. The van der Waals surface area contributed by atoms with Crippen LogP contribution in [0, 0.1) is 0 Å². The quantitative estimate of drug-likeness (QED) is 0.556. The van der Waals surface area contributed by atoms with E-state index in [0.29, 0.717) is 12.8 Å². The highest BCUT2D eigenvalue weighted by Gasteiger charge is 2.46. The maximum Gasteiger partial charge on any atom is 0.353 e. The van der Waals surface area contributed by atoms with Crippen LogP contribution in [0.1, 0.15) is 51.9 Å². The zero-order valence-corrected chi connectivity index (χ0v) is 22.3. The molecule has 12 heteroatoms. The number of hydrogen-bond donors (Lipinski definition) is 2. The van der Waals surface area contributed by atoms with Gasteiger partial charge in [0.2, 0.25) is 10.0 Å². The van der Waals surface area contributed by atoms with Crippen molar-refractivity contribution in [2.45, 2.75) is 68.4 Å². The monoisotopic (exact) mass is 548 g/mol. The van der Waals surface area contributed by atoms with Crippen molar-refractivity contribution >= 4 is 44.9 Å². The van der Waals surface area contributed by atoms with Crippen molar-refractivity contribution in [3.63, 3.8) is 0 Å². The van der Waals surface area contributed by atoms with E-state index in [2.05, 4.69) is 17.0 Å². The third-order valence-corrected chi connectivity index (χ3v) is 9.44. The summed E-state index contributed by atoms with van der Waals surface area (Å²) in [6, 6.07) is 5.08. The third kappa shape index (κ3) is 7.08. The van der Waals surface area contributed by atoms with Crippen LogP contribution in [0.2, 0.25) is 10.0 Å². The Morgan fingerprint density at radius 3 is 2.57 bits per heavy atom. The smallest absolute Gasteiger partial charge is 0.353 e. The normalized spacial score (nSPS) is 22.7. The molecule has 3 aliphatic heterocycles. The molecule has 3 aliphatic rings. The second kappa shape index (κ2) is 12.2. The SMILES string of the molecule is CC1CCCCN1CCCN.O=C(O)C1=NOC2(CCN(S(=O)(=O)c3cc(Cl)ccc3Cl)CC2)C1. The van der Waals surface area contributed by atoms with Gasteiger partial charge in [-0.2, -0.15) is 4.31 Å². The Morgan fingerprint density at radius 1 is 1.26 bits per heavy atom. The molecule has 4 rings (SSSR count). The lowest BCUT2D eigenvalue weighted by molar-refractivity contribution is -0.129. The van der Waals surface area contributed by atoms with Crippen molar-refractivity contribution in [2.75, 3.05) is 32.7 Å². The zero-order chi connectivity index (χ0) is 25.6. The molecule has 2 saturated heterocycles. The lowest BCUT2D eigenvalue weighted by Crippen LogP contribution is -2.47. The number of aliphatic carboxylic acids is 1. The van der Waals surface area contributed by atoms with E-state index in [1.165, 1.54) is 54.9 Å². The van der Waals surface area contributed by atoms with E-state index in [9.17, 15) is 13.2 Å². The predicted octanol–water partition coefficient (Wildman–Crippen LogP) is 3.59. The summed E-state index contributed by atoms with van der Waals surface area (Å²) in [5.41, 5.74) is 4.69. The average Bonchev–Trinajstić information content (AvgIpc) is 3.24. The number of rotatable bonds is 6. The second-order valence-corrected chi connectivity index (χ2v) is 12.0. The van der Waals surface area contributed by atoms with Crippen LogP contribution >= 0.6 is 23.2 Å². The fourth-order valence-corrected chi connectivity index (χ4v) is 6.82. The van der Waals surface area contributed by atoms with Gasteiger partial charge in [0.05, 0.1) is 5.02 Å². The number of hydrogen-bond acceptors (Lipinski definition) is 7. The number of likely N-dealkylation sites (tertiary alicyclic amines) is 1. The molecule has 0 aliphatic carbocycles. The van der Waals surface area contributed by atoms with Gasteiger partial charge in [0, 0.05) is 43.4 Å². The topological polar surface area (TPSA) is 126 Å². The van der Waals surface area contributed by atoms with Crippen LogP contribution in [0.3, 0.4) is 0 Å². The number of oxime groups is 1. The Balaban J connectivity index is 0.000000261. The standard InChI is InChI=1S/C14H14Cl2N2O5S.C9H20N2/c15-9-1-2-10(16)12(7-9)24(21,22)18-5-3-14(4-6-18)8-11(13(19)20)17-23-14;1-9-5-2-3-7-11(9)8-4-6-10/h1-2,7H,3-6,8H2,(H,19,20);9H,2-8,10H2,1H3. The summed E-state index contributed by atoms with van der Waals surface area (Å²) in [6.07, 6.45) is 6.22. The molecule has 1 unspecified atom stereocenters. The number of benzene rings is 1. The van der Waals surface area contributed by atoms with Crippen LogP contribution in [0.15, 0.2) is 28.3 Å². The zero-order valence-electron chi connectivity index (χ0n) is 20.0. The van der Waals surface area contributed by atoms with E-state index < -0.39 is 21.6 Å². The molecule has 0 bridgehead atoms. The van der Waals surface area contributed by atoms with Gasteiger partial charge in [0.25, 0.3) is 0 Å². The molecule has 0 amide bonds. The minimum absolute atomic E-state index is 0.0378. The number of nitrogens with two attached hydrogens (primary N) is 1. The maximum absolute atomic E-state index is 12.8. The van der Waals surface area contributed by atoms with Crippen LogP contribution in [0.4, 0.5) is 0 Å². The minimum Gasteiger partial charge on any atom is -0.477 e. The van der Waals surface area contributed by atoms with Gasteiger partial charge >= 0.3 is 5.97 Å². The Hall–Kier alpha value is -1.43. The molecule has 35 heavy (non-hydrogen) atoms. The number of nitrogens with zero attached hydrogens (tertiary/aromatic N) is 3. The summed E-state index contributed by atoms with van der Waals surface area (Å²) in [5, 5.41) is 13.0. The van der Waals surface area contributed by atoms with Crippen molar-refractivity contribution in [2.24, 2.45) is 10.9 Å². The third-order valence-electron chi connectivity index (χ3n) is 6.82. The first-order chi connectivity index (χ1) is 16.6. The van der Waals surface area contributed by atoms with Crippen molar-refractivity contribution in [1.82, 2.24) is 9.21 Å². The Labute approximate surface area is 217 Å². The molecule has 0 radical (unpaired) electrons. The summed E-state index contributed by atoms with van der Waals surface area (Å²) in [5.74, 6) is -1.12. The first-order valence-corrected chi connectivity index (χ1v) is 14.2. The maximum atomic E-state index is 12.8. The van der Waals surface area contributed by atoms with Gasteiger partial charge in [-0.3, -0.25) is 0 Å². The number of carboxylic acids is 1. The number of carboxylic acid groups (broad SMARTS) is 1. The summed E-state index contributed by atoms with van der Waals surface area (Å²) in [4.78, 5) is 18.8. The fraction of sp³-hybridized carbons (Fsp3) is 0.652. The van der Waals surface area contributed by atoms with Crippen LogP contribution in [0.25, 0.3) is 0 Å². The van der Waals surface area contributed by atoms with Crippen molar-refractivity contribution in [3.05, 3.63) is 28.2 Å². The summed E-state index contributed by atoms with van der Waals surface area (Å²) in [7, 11) is -3.78. The lowest BCUT2D eigenvalue weighted by atomic mass is 9.88. The molecule has 1 aromatic rings. The van der Waals surface area contributed by atoms with Crippen LogP contribution in [-0.4, -0.2) is 78.8 Å². The largest absolute Gasteiger partial charge is 0.477 e. The number of halogens is 2. The van der Waals surface area contributed by atoms with Crippen molar-refractivity contribution < 1.29 is 23.2 Å². The van der Waals surface area contributed by atoms with Gasteiger partial charge < -0.3 is 20.6 Å². The molecule has 9 nitrogen and oxygen atoms in total. The first kappa shape index (κ1) is 28.1. The van der Waals surface area contributed by atoms with Crippen molar-refractivity contribution in [1.29, 1.82) is 0 Å². The molecular weight excluding hydrogens is 515 g/mol. The lowest BCUT2D eigenvalue weighted by Gasteiger charge is -2.36. The minimum atomic E-state index is -3.78. The van der Waals surface area contributed by atoms with Crippen molar-refractivity contribution in [3.8, 4) is 0 Å². The highest BCUT2D eigenvalue weighted by atomic mass is 35.5. The Bertz CT molecular complexity index is 1030. The van der Waals surface area contributed by atoms with E-state index >= 15 is 0 Å².